The number of alkyl halides is 1. The van der Waals surface area contributed by atoms with E-state index in [1.165, 1.54) is 17.2 Å². The molecule has 1 aliphatic carbocycles. The molecule has 214 valence electrons. The van der Waals surface area contributed by atoms with Gasteiger partial charge in [-0.2, -0.15) is 0 Å². The molecule has 2 aliphatic heterocycles. The zero-order valence-electron chi connectivity index (χ0n) is 22.4. The minimum atomic E-state index is -1.69. The van der Waals surface area contributed by atoms with Crippen LogP contribution in [0.25, 0.3) is 0 Å². The van der Waals surface area contributed by atoms with Crippen molar-refractivity contribution in [2.75, 3.05) is 55.9 Å². The van der Waals surface area contributed by atoms with Gasteiger partial charge in [-0.05, 0) is 57.2 Å². The van der Waals surface area contributed by atoms with Gasteiger partial charge in [0.2, 0.25) is 5.91 Å². The monoisotopic (exact) mass is 559 g/mol. The average molecular weight is 560 g/mol. The van der Waals surface area contributed by atoms with E-state index in [1.54, 1.807) is 32.0 Å². The molecule has 40 heavy (non-hydrogen) atoms. The molecule has 3 atom stereocenters. The van der Waals surface area contributed by atoms with Crippen LogP contribution in [0.15, 0.2) is 18.3 Å². The molecule has 3 amide bonds. The Hall–Kier alpha value is -3.91. The van der Waals surface area contributed by atoms with Crippen LogP contribution in [0.3, 0.4) is 0 Å². The minimum absolute atomic E-state index is 0.0130. The van der Waals surface area contributed by atoms with Gasteiger partial charge in [-0.15, -0.1) is 0 Å². The largest absolute Gasteiger partial charge is 0.465 e. The number of carbonyl (C=O) groups excluding carboxylic acids is 3. The molecule has 1 fully saturated rings. The minimum Gasteiger partial charge on any atom is -0.465 e. The molecule has 14 heteroatoms. The van der Waals surface area contributed by atoms with E-state index in [0.717, 1.165) is 0 Å². The van der Waals surface area contributed by atoms with Crippen LogP contribution >= 0.6 is 0 Å². The molecule has 0 radical (unpaired) electrons. The number of benzene rings is 1. The maximum absolute atomic E-state index is 15.7. The number of likely N-dealkylation sites (N-methyl/N-ethyl adjacent to an activating group) is 1. The second kappa shape index (κ2) is 10.9. The van der Waals surface area contributed by atoms with Gasteiger partial charge in [0.05, 0.1) is 18.8 Å². The van der Waals surface area contributed by atoms with E-state index >= 15 is 4.39 Å². The Morgan fingerprint density at radius 2 is 2.12 bits per heavy atom. The first-order valence-corrected chi connectivity index (χ1v) is 13.0. The highest BCUT2D eigenvalue weighted by atomic mass is 19.1. The number of nitrogens with one attached hydrogen (secondary N) is 3. The summed E-state index contributed by atoms with van der Waals surface area (Å²) in [5.41, 5.74) is -0.536. The van der Waals surface area contributed by atoms with E-state index in [9.17, 15) is 18.8 Å². The van der Waals surface area contributed by atoms with E-state index in [-0.39, 0.29) is 61.9 Å². The predicted octanol–water partition coefficient (Wildman–Crippen LogP) is 1.65. The molecule has 0 spiro atoms. The van der Waals surface area contributed by atoms with Gasteiger partial charge in [0.1, 0.15) is 17.6 Å². The summed E-state index contributed by atoms with van der Waals surface area (Å²) < 4.78 is 41.0. The van der Waals surface area contributed by atoms with Gasteiger partial charge in [-0.25, -0.2) is 23.5 Å². The molecule has 0 bridgehead atoms. The third-order valence-electron chi connectivity index (χ3n) is 7.27. The summed E-state index contributed by atoms with van der Waals surface area (Å²) in [6, 6.07) is 2.45. The number of fused-ring (bicyclic) bond motifs is 2. The number of carbonyl (C=O) groups is 3. The zero-order chi connectivity index (χ0) is 28.6. The Morgan fingerprint density at radius 1 is 1.32 bits per heavy atom. The number of hydrogen-bond donors (Lipinski definition) is 3. The number of amides is 3. The van der Waals surface area contributed by atoms with E-state index in [1.807, 2.05) is 0 Å². The maximum atomic E-state index is 15.7. The fourth-order valence-corrected chi connectivity index (χ4v) is 4.87. The number of nitrogens with zero attached hydrogens (tertiary/aromatic N) is 4. The summed E-state index contributed by atoms with van der Waals surface area (Å²) >= 11 is 0. The maximum Gasteiger partial charge on any atom is 0.415 e. The quantitative estimate of drug-likeness (QED) is 0.392. The first kappa shape index (κ1) is 27.6. The van der Waals surface area contributed by atoms with Gasteiger partial charge in [0.25, 0.3) is 11.8 Å². The lowest BCUT2D eigenvalue weighted by atomic mass is 10.0. The Kier molecular flexibility index (Phi) is 7.55. The Morgan fingerprint density at radius 3 is 2.90 bits per heavy atom. The van der Waals surface area contributed by atoms with Gasteiger partial charge >= 0.3 is 6.09 Å². The van der Waals surface area contributed by atoms with Gasteiger partial charge in [0.15, 0.2) is 18.2 Å². The smallest absolute Gasteiger partial charge is 0.415 e. The lowest BCUT2D eigenvalue weighted by molar-refractivity contribution is -0.120. The van der Waals surface area contributed by atoms with Crippen molar-refractivity contribution in [2.45, 2.75) is 44.0 Å². The first-order valence-electron chi connectivity index (χ1n) is 13.0. The highest BCUT2D eigenvalue weighted by Crippen LogP contribution is 2.36. The van der Waals surface area contributed by atoms with E-state index < -0.39 is 29.7 Å². The number of halogens is 2. The van der Waals surface area contributed by atoms with Gasteiger partial charge < -0.3 is 25.4 Å². The lowest BCUT2D eigenvalue weighted by Crippen LogP contribution is -2.38. The number of ether oxygens (including phenoxy) is 2. The molecule has 1 aromatic carbocycles. The topological polar surface area (TPSA) is 138 Å². The summed E-state index contributed by atoms with van der Waals surface area (Å²) in [7, 11) is 3.54. The molecule has 1 saturated heterocycles. The molecule has 3 unspecified atom stereocenters. The summed E-state index contributed by atoms with van der Waals surface area (Å²) in [6.45, 7) is 2.14. The number of rotatable bonds is 9. The lowest BCUT2D eigenvalue weighted by Gasteiger charge is -2.20. The number of aromatic nitrogens is 2. The van der Waals surface area contributed by atoms with Crippen molar-refractivity contribution in [1.82, 2.24) is 20.2 Å². The number of hydrogen-bond acceptors (Lipinski definition) is 9. The molecule has 3 N–H and O–H groups in total. The standard InChI is InChI=1S/C26H31F2N7O5/c1-14(34(2)3)23(37)31-16-6-15-8-26(28,9-18(15)19(27)7-16)13-29-5-4-17-11-35(25(38)40-17)20-10-30-24-22(32-20)33-21(36)12-39-24/h6-7,10,14,17,29H,4-5,8-9,11-13H2,1-3H3,(H,31,37)(H,32,33,36). The second-order valence-electron chi connectivity index (χ2n) is 10.5. The number of cyclic esters (lactones) is 1. The summed E-state index contributed by atoms with van der Waals surface area (Å²) in [4.78, 5) is 47.7. The molecule has 5 rings (SSSR count). The highest BCUT2D eigenvalue weighted by Gasteiger charge is 2.39. The molecular formula is C26H31F2N7O5. The van der Waals surface area contributed by atoms with Crippen LogP contribution in [0.2, 0.25) is 0 Å². The van der Waals surface area contributed by atoms with Crippen molar-refractivity contribution in [2.24, 2.45) is 0 Å². The fourth-order valence-electron chi connectivity index (χ4n) is 4.87. The summed E-state index contributed by atoms with van der Waals surface area (Å²) in [5, 5.41) is 8.31. The summed E-state index contributed by atoms with van der Waals surface area (Å²) in [5.74, 6) is -0.671. The van der Waals surface area contributed by atoms with Crippen molar-refractivity contribution >= 4 is 35.2 Å². The highest BCUT2D eigenvalue weighted by molar-refractivity contribution is 5.95. The number of anilines is 3. The van der Waals surface area contributed by atoms with Gasteiger partial charge in [0, 0.05) is 25.1 Å². The van der Waals surface area contributed by atoms with Crippen LogP contribution in [-0.2, 0) is 27.2 Å². The zero-order valence-corrected chi connectivity index (χ0v) is 22.4. The fraction of sp³-hybridized carbons (Fsp3) is 0.500. The van der Waals surface area contributed by atoms with Crippen LogP contribution in [0, 0.1) is 5.82 Å². The molecular weight excluding hydrogens is 528 g/mol. The SMILES string of the molecule is CC(C(=O)Nc1cc(F)c2c(c1)CC(F)(CNCCC1CN(c3cnc4c(n3)NC(=O)CO4)C(=O)O1)C2)N(C)C. The molecule has 12 nitrogen and oxygen atoms in total. The van der Waals surface area contributed by atoms with Gasteiger partial charge in [-0.3, -0.25) is 19.4 Å². The van der Waals surface area contributed by atoms with Crippen LogP contribution in [0.4, 0.5) is 30.9 Å². The first-order chi connectivity index (χ1) is 19.0. The molecule has 0 saturated carbocycles. The van der Waals surface area contributed by atoms with Crippen LogP contribution in [0.1, 0.15) is 24.5 Å². The third-order valence-corrected chi connectivity index (χ3v) is 7.27. The average Bonchev–Trinajstić information content (AvgIpc) is 3.45. The van der Waals surface area contributed by atoms with Crippen LogP contribution < -0.4 is 25.6 Å². The van der Waals surface area contributed by atoms with E-state index in [0.29, 0.717) is 29.8 Å². The normalized spacial score (nSPS) is 22.4. The Bertz CT molecular complexity index is 1340. The predicted molar refractivity (Wildman–Crippen MR) is 141 cm³/mol. The molecule has 2 aromatic rings. The van der Waals surface area contributed by atoms with Crippen LogP contribution in [-0.4, -0.2) is 90.9 Å². The van der Waals surface area contributed by atoms with E-state index in [4.69, 9.17) is 9.47 Å². The van der Waals surface area contributed by atoms with Crippen molar-refractivity contribution in [3.63, 3.8) is 0 Å². The van der Waals surface area contributed by atoms with E-state index in [2.05, 4.69) is 25.9 Å². The molecule has 3 aliphatic rings. The van der Waals surface area contributed by atoms with Crippen molar-refractivity contribution in [3.8, 4) is 5.88 Å². The Labute approximate surface area is 229 Å². The van der Waals surface area contributed by atoms with Crippen molar-refractivity contribution < 1.29 is 32.6 Å². The van der Waals surface area contributed by atoms with Crippen LogP contribution in [0.5, 0.6) is 5.88 Å². The second-order valence-corrected chi connectivity index (χ2v) is 10.5. The molecule has 1 aromatic heterocycles. The van der Waals surface area contributed by atoms with Gasteiger partial charge in [-0.1, -0.05) is 0 Å². The molecule has 3 heterocycles. The van der Waals surface area contributed by atoms with Crippen molar-refractivity contribution in [1.29, 1.82) is 0 Å². The Balaban J connectivity index is 1.11. The summed E-state index contributed by atoms with van der Waals surface area (Å²) in [6.07, 6.45) is 0.650. The third kappa shape index (κ3) is 5.82. The van der Waals surface area contributed by atoms with Crippen molar-refractivity contribution in [3.05, 3.63) is 35.3 Å².